The number of amides is 1. The van der Waals surface area contributed by atoms with E-state index in [9.17, 15) is 4.79 Å². The van der Waals surface area contributed by atoms with E-state index in [2.05, 4.69) is 10.6 Å². The number of unbranched alkanes of at least 4 members (excludes halogenated alkanes) is 1. The molecule has 0 aromatic rings. The van der Waals surface area contributed by atoms with Crippen LogP contribution in [-0.4, -0.2) is 25.5 Å². The van der Waals surface area contributed by atoms with Gasteiger partial charge in [0.25, 0.3) is 0 Å². The van der Waals surface area contributed by atoms with Crippen molar-refractivity contribution in [3.63, 3.8) is 0 Å². The van der Waals surface area contributed by atoms with Gasteiger partial charge in [-0.2, -0.15) is 0 Å². The van der Waals surface area contributed by atoms with E-state index in [4.69, 9.17) is 0 Å². The molecule has 3 heteroatoms. The van der Waals surface area contributed by atoms with Crippen LogP contribution in [0.3, 0.4) is 0 Å². The Kier molecular flexibility index (Phi) is 6.41. The zero-order chi connectivity index (χ0) is 10.1. The van der Waals surface area contributed by atoms with E-state index < -0.39 is 0 Å². The van der Waals surface area contributed by atoms with E-state index in [-0.39, 0.29) is 0 Å². The molecule has 1 fully saturated rings. The van der Waals surface area contributed by atoms with Gasteiger partial charge < -0.3 is 10.6 Å². The second-order valence-corrected chi connectivity index (χ2v) is 4.07. The fourth-order valence-corrected chi connectivity index (χ4v) is 2.02. The van der Waals surface area contributed by atoms with Gasteiger partial charge in [-0.05, 0) is 32.2 Å². The Labute approximate surface area is 86.6 Å². The fraction of sp³-hybridized carbons (Fsp3) is 0.909. The molecule has 1 atom stereocenters. The van der Waals surface area contributed by atoms with Gasteiger partial charge in [-0.25, -0.2) is 0 Å². The molecule has 1 amide bonds. The monoisotopic (exact) mass is 198 g/mol. The highest BCUT2D eigenvalue weighted by Crippen LogP contribution is 2.12. The van der Waals surface area contributed by atoms with E-state index in [1.807, 2.05) is 0 Å². The first-order valence-electron chi connectivity index (χ1n) is 5.84. The SMILES string of the molecule is O=CNCCCCC1CCCCCN1. The van der Waals surface area contributed by atoms with Gasteiger partial charge in [0.1, 0.15) is 0 Å². The van der Waals surface area contributed by atoms with Crippen molar-refractivity contribution in [1.29, 1.82) is 0 Å². The Balaban J connectivity index is 1.96. The van der Waals surface area contributed by atoms with Gasteiger partial charge >= 0.3 is 0 Å². The van der Waals surface area contributed by atoms with E-state index >= 15 is 0 Å². The van der Waals surface area contributed by atoms with E-state index in [0.29, 0.717) is 0 Å². The molecular weight excluding hydrogens is 176 g/mol. The van der Waals surface area contributed by atoms with Crippen LogP contribution >= 0.6 is 0 Å². The number of carbonyl (C=O) groups is 1. The van der Waals surface area contributed by atoms with Crippen LogP contribution in [0.5, 0.6) is 0 Å². The lowest BCUT2D eigenvalue weighted by Gasteiger charge is -2.14. The van der Waals surface area contributed by atoms with Gasteiger partial charge in [-0.3, -0.25) is 4.79 Å². The maximum atomic E-state index is 9.99. The molecule has 1 unspecified atom stereocenters. The molecule has 0 saturated carbocycles. The first-order chi connectivity index (χ1) is 6.93. The summed E-state index contributed by atoms with van der Waals surface area (Å²) in [6.45, 7) is 2.02. The molecule has 0 aromatic carbocycles. The normalized spacial score (nSPS) is 22.7. The zero-order valence-corrected chi connectivity index (χ0v) is 8.93. The molecule has 1 aliphatic rings. The van der Waals surface area contributed by atoms with Crippen LogP contribution in [0, 0.1) is 0 Å². The number of nitrogens with one attached hydrogen (secondary N) is 2. The summed E-state index contributed by atoms with van der Waals surface area (Å²) in [7, 11) is 0. The Morgan fingerprint density at radius 2 is 2.21 bits per heavy atom. The number of hydrogen-bond acceptors (Lipinski definition) is 2. The maximum Gasteiger partial charge on any atom is 0.207 e. The average Bonchev–Trinajstić information content (AvgIpc) is 2.46. The molecule has 3 nitrogen and oxygen atoms in total. The average molecular weight is 198 g/mol. The highest BCUT2D eigenvalue weighted by atomic mass is 16.1. The minimum atomic E-state index is 0.730. The molecular formula is C11H22N2O. The molecule has 0 aromatic heterocycles. The second kappa shape index (κ2) is 7.80. The molecule has 0 spiro atoms. The Bertz CT molecular complexity index is 142. The van der Waals surface area contributed by atoms with Crippen molar-refractivity contribution in [3.8, 4) is 0 Å². The van der Waals surface area contributed by atoms with Crippen LogP contribution < -0.4 is 10.6 Å². The van der Waals surface area contributed by atoms with Crippen molar-refractivity contribution in [2.75, 3.05) is 13.1 Å². The molecule has 1 saturated heterocycles. The van der Waals surface area contributed by atoms with Crippen molar-refractivity contribution in [3.05, 3.63) is 0 Å². The van der Waals surface area contributed by atoms with Crippen LogP contribution in [0.25, 0.3) is 0 Å². The summed E-state index contributed by atoms with van der Waals surface area (Å²) in [6, 6.07) is 0.730. The first kappa shape index (κ1) is 11.5. The third-order valence-electron chi connectivity index (χ3n) is 2.87. The fourth-order valence-electron chi connectivity index (χ4n) is 2.02. The van der Waals surface area contributed by atoms with E-state index in [0.717, 1.165) is 25.4 Å². The minimum absolute atomic E-state index is 0.730. The first-order valence-corrected chi connectivity index (χ1v) is 5.84. The van der Waals surface area contributed by atoms with Gasteiger partial charge in [0.05, 0.1) is 0 Å². The highest BCUT2D eigenvalue weighted by Gasteiger charge is 2.09. The Morgan fingerprint density at radius 1 is 1.29 bits per heavy atom. The molecule has 0 radical (unpaired) electrons. The van der Waals surface area contributed by atoms with Crippen LogP contribution in [0.15, 0.2) is 0 Å². The summed E-state index contributed by atoms with van der Waals surface area (Å²) in [4.78, 5) is 9.99. The summed E-state index contributed by atoms with van der Waals surface area (Å²) in [6.07, 6.45) is 9.81. The third-order valence-corrected chi connectivity index (χ3v) is 2.87. The summed E-state index contributed by atoms with van der Waals surface area (Å²) in [5, 5.41) is 6.28. The summed E-state index contributed by atoms with van der Waals surface area (Å²) in [5.74, 6) is 0. The smallest absolute Gasteiger partial charge is 0.207 e. The third kappa shape index (κ3) is 5.22. The van der Waals surface area contributed by atoms with E-state index in [1.165, 1.54) is 45.1 Å². The van der Waals surface area contributed by atoms with Crippen molar-refractivity contribution >= 4 is 6.41 Å². The minimum Gasteiger partial charge on any atom is -0.359 e. The lowest BCUT2D eigenvalue weighted by Crippen LogP contribution is -2.28. The summed E-state index contributed by atoms with van der Waals surface area (Å²) in [5.41, 5.74) is 0. The van der Waals surface area contributed by atoms with Gasteiger partial charge in [0, 0.05) is 12.6 Å². The summed E-state index contributed by atoms with van der Waals surface area (Å²) >= 11 is 0. The summed E-state index contributed by atoms with van der Waals surface area (Å²) < 4.78 is 0. The van der Waals surface area contributed by atoms with E-state index in [1.54, 1.807) is 0 Å². The van der Waals surface area contributed by atoms with Crippen molar-refractivity contribution in [2.45, 2.75) is 51.0 Å². The van der Waals surface area contributed by atoms with Gasteiger partial charge in [0.2, 0.25) is 6.41 Å². The Hall–Kier alpha value is -0.570. The van der Waals surface area contributed by atoms with Gasteiger partial charge in [0.15, 0.2) is 0 Å². The van der Waals surface area contributed by atoms with Crippen molar-refractivity contribution in [2.24, 2.45) is 0 Å². The van der Waals surface area contributed by atoms with Crippen molar-refractivity contribution < 1.29 is 4.79 Å². The zero-order valence-electron chi connectivity index (χ0n) is 8.93. The molecule has 14 heavy (non-hydrogen) atoms. The standard InChI is InChI=1S/C11H22N2O/c14-10-12-8-5-3-7-11-6-2-1-4-9-13-11/h10-11,13H,1-9H2,(H,12,14). The largest absolute Gasteiger partial charge is 0.359 e. The molecule has 0 bridgehead atoms. The number of hydrogen-bond donors (Lipinski definition) is 2. The molecule has 1 heterocycles. The predicted octanol–water partition coefficient (Wildman–Crippen LogP) is 1.43. The molecule has 0 aliphatic carbocycles. The lowest BCUT2D eigenvalue weighted by molar-refractivity contribution is -0.109. The topological polar surface area (TPSA) is 41.1 Å². The second-order valence-electron chi connectivity index (χ2n) is 4.07. The molecule has 1 aliphatic heterocycles. The quantitative estimate of drug-likeness (QED) is 0.501. The van der Waals surface area contributed by atoms with Gasteiger partial charge in [-0.1, -0.05) is 19.3 Å². The Morgan fingerprint density at radius 3 is 3.07 bits per heavy atom. The lowest BCUT2D eigenvalue weighted by atomic mass is 10.0. The molecule has 2 N–H and O–H groups in total. The molecule has 82 valence electrons. The predicted molar refractivity (Wildman–Crippen MR) is 58.2 cm³/mol. The van der Waals surface area contributed by atoms with Gasteiger partial charge in [-0.15, -0.1) is 0 Å². The van der Waals surface area contributed by atoms with Crippen LogP contribution in [-0.2, 0) is 4.79 Å². The number of rotatable bonds is 6. The molecule has 1 rings (SSSR count). The highest BCUT2D eigenvalue weighted by molar-refractivity contribution is 5.45. The van der Waals surface area contributed by atoms with Crippen LogP contribution in [0.1, 0.15) is 44.9 Å². The maximum absolute atomic E-state index is 9.99. The van der Waals surface area contributed by atoms with Crippen LogP contribution in [0.4, 0.5) is 0 Å². The van der Waals surface area contributed by atoms with Crippen molar-refractivity contribution in [1.82, 2.24) is 10.6 Å². The van der Waals surface area contributed by atoms with Crippen LogP contribution in [0.2, 0.25) is 0 Å². The number of carbonyl (C=O) groups excluding carboxylic acids is 1.